The lowest BCUT2D eigenvalue weighted by Crippen LogP contribution is -2.26. The maximum absolute atomic E-state index is 10.9. The number of carbonyl (C=O) groups is 1. The third-order valence-electron chi connectivity index (χ3n) is 2.71. The van der Waals surface area contributed by atoms with E-state index in [9.17, 15) is 4.79 Å². The van der Waals surface area contributed by atoms with Crippen LogP contribution in [0.15, 0.2) is 24.3 Å². The van der Waals surface area contributed by atoms with Gasteiger partial charge in [-0.2, -0.15) is 0 Å². The Kier molecular flexibility index (Phi) is 5.20. The van der Waals surface area contributed by atoms with Crippen molar-refractivity contribution in [2.45, 2.75) is 26.7 Å². The van der Waals surface area contributed by atoms with Gasteiger partial charge in [0.15, 0.2) is 0 Å². The first-order valence-corrected chi connectivity index (χ1v) is 5.87. The van der Waals surface area contributed by atoms with Crippen LogP contribution in [0.1, 0.15) is 25.0 Å². The molecule has 0 aromatic heterocycles. The van der Waals surface area contributed by atoms with Crippen molar-refractivity contribution < 1.29 is 4.79 Å². The SMILES string of the molecule is CCc1ccc(CCN(C)CC(C)=O)cc1. The first-order chi connectivity index (χ1) is 7.61. The van der Waals surface area contributed by atoms with Gasteiger partial charge in [-0.15, -0.1) is 0 Å². The molecule has 0 fully saturated rings. The molecule has 0 amide bonds. The number of hydrogen-bond donors (Lipinski definition) is 0. The summed E-state index contributed by atoms with van der Waals surface area (Å²) >= 11 is 0. The molecule has 0 atom stereocenters. The van der Waals surface area contributed by atoms with Crippen LogP contribution in [0.2, 0.25) is 0 Å². The Morgan fingerprint density at radius 2 is 1.75 bits per heavy atom. The number of likely N-dealkylation sites (N-methyl/N-ethyl adjacent to an activating group) is 1. The normalized spacial score (nSPS) is 10.8. The minimum Gasteiger partial charge on any atom is -0.299 e. The summed E-state index contributed by atoms with van der Waals surface area (Å²) < 4.78 is 0. The first kappa shape index (κ1) is 12.9. The number of Topliss-reactive ketones (excluding diaryl/α,β-unsaturated/α-hetero) is 1. The van der Waals surface area contributed by atoms with E-state index in [0.29, 0.717) is 6.54 Å². The van der Waals surface area contributed by atoms with Crippen LogP contribution in [0.5, 0.6) is 0 Å². The average molecular weight is 219 g/mol. The molecule has 0 aliphatic rings. The zero-order valence-electron chi connectivity index (χ0n) is 10.5. The zero-order chi connectivity index (χ0) is 12.0. The lowest BCUT2D eigenvalue weighted by atomic mass is 10.1. The summed E-state index contributed by atoms with van der Waals surface area (Å²) in [6.07, 6.45) is 2.10. The summed E-state index contributed by atoms with van der Waals surface area (Å²) in [6.45, 7) is 5.28. The van der Waals surface area contributed by atoms with Crippen molar-refractivity contribution in [2.24, 2.45) is 0 Å². The van der Waals surface area contributed by atoms with Gasteiger partial charge in [0, 0.05) is 6.54 Å². The highest BCUT2D eigenvalue weighted by atomic mass is 16.1. The molecule has 1 aromatic rings. The Morgan fingerprint density at radius 1 is 1.19 bits per heavy atom. The van der Waals surface area contributed by atoms with Crippen LogP contribution in [0, 0.1) is 0 Å². The van der Waals surface area contributed by atoms with E-state index in [-0.39, 0.29) is 5.78 Å². The smallest absolute Gasteiger partial charge is 0.143 e. The van der Waals surface area contributed by atoms with Gasteiger partial charge in [0.25, 0.3) is 0 Å². The number of aryl methyl sites for hydroxylation is 1. The lowest BCUT2D eigenvalue weighted by Gasteiger charge is -2.14. The van der Waals surface area contributed by atoms with E-state index in [1.165, 1.54) is 11.1 Å². The van der Waals surface area contributed by atoms with Crippen LogP contribution in [-0.4, -0.2) is 30.8 Å². The number of ketones is 1. The predicted molar refractivity (Wildman–Crippen MR) is 67.7 cm³/mol. The number of carbonyl (C=O) groups excluding carboxylic acids is 1. The lowest BCUT2D eigenvalue weighted by molar-refractivity contribution is -0.117. The van der Waals surface area contributed by atoms with Crippen molar-refractivity contribution in [3.63, 3.8) is 0 Å². The summed E-state index contributed by atoms with van der Waals surface area (Å²) in [4.78, 5) is 13.0. The van der Waals surface area contributed by atoms with Crippen LogP contribution >= 0.6 is 0 Å². The third kappa shape index (κ3) is 4.58. The summed E-state index contributed by atoms with van der Waals surface area (Å²) in [5, 5.41) is 0. The molecule has 0 saturated carbocycles. The Labute approximate surface area is 98.3 Å². The molecule has 2 heteroatoms. The molecule has 0 unspecified atom stereocenters. The van der Waals surface area contributed by atoms with Crippen LogP contribution < -0.4 is 0 Å². The summed E-state index contributed by atoms with van der Waals surface area (Å²) in [6, 6.07) is 8.72. The molecule has 0 aliphatic heterocycles. The molecule has 0 heterocycles. The summed E-state index contributed by atoms with van der Waals surface area (Å²) in [5.41, 5.74) is 2.72. The van der Waals surface area contributed by atoms with Crippen molar-refractivity contribution in [3.8, 4) is 0 Å². The molecule has 0 spiro atoms. The van der Waals surface area contributed by atoms with Gasteiger partial charge in [0.2, 0.25) is 0 Å². The fourth-order valence-electron chi connectivity index (χ4n) is 1.72. The van der Waals surface area contributed by atoms with Crippen molar-refractivity contribution >= 4 is 5.78 Å². The topological polar surface area (TPSA) is 20.3 Å². The van der Waals surface area contributed by atoms with Gasteiger partial charge in [-0.1, -0.05) is 31.2 Å². The Morgan fingerprint density at radius 3 is 2.25 bits per heavy atom. The highest BCUT2D eigenvalue weighted by Gasteiger charge is 2.02. The van der Waals surface area contributed by atoms with Gasteiger partial charge >= 0.3 is 0 Å². The molecule has 0 saturated heterocycles. The van der Waals surface area contributed by atoms with Gasteiger partial charge in [-0.05, 0) is 37.9 Å². The predicted octanol–water partition coefficient (Wildman–Crippen LogP) is 2.31. The Balaban J connectivity index is 2.39. The molecule has 88 valence electrons. The fraction of sp³-hybridized carbons (Fsp3) is 0.500. The fourth-order valence-corrected chi connectivity index (χ4v) is 1.72. The first-order valence-electron chi connectivity index (χ1n) is 5.87. The van der Waals surface area contributed by atoms with Crippen LogP contribution in [0.4, 0.5) is 0 Å². The minimum absolute atomic E-state index is 0.226. The van der Waals surface area contributed by atoms with E-state index < -0.39 is 0 Å². The molecule has 1 aromatic carbocycles. The van der Waals surface area contributed by atoms with E-state index >= 15 is 0 Å². The zero-order valence-corrected chi connectivity index (χ0v) is 10.5. The van der Waals surface area contributed by atoms with Crippen LogP contribution in [-0.2, 0) is 17.6 Å². The second-order valence-corrected chi connectivity index (χ2v) is 4.36. The summed E-state index contributed by atoms with van der Waals surface area (Å²) in [7, 11) is 1.99. The second-order valence-electron chi connectivity index (χ2n) is 4.36. The number of nitrogens with zero attached hydrogens (tertiary/aromatic N) is 1. The number of benzene rings is 1. The van der Waals surface area contributed by atoms with Crippen molar-refractivity contribution in [3.05, 3.63) is 35.4 Å². The molecular formula is C14H21NO. The van der Waals surface area contributed by atoms with Gasteiger partial charge in [0.1, 0.15) is 5.78 Å². The standard InChI is InChI=1S/C14H21NO/c1-4-13-5-7-14(8-6-13)9-10-15(3)11-12(2)16/h5-8H,4,9-11H2,1-3H3. The number of rotatable bonds is 6. The molecule has 2 nitrogen and oxygen atoms in total. The maximum atomic E-state index is 10.9. The second kappa shape index (κ2) is 6.44. The van der Waals surface area contributed by atoms with Gasteiger partial charge < -0.3 is 0 Å². The molecule has 0 bridgehead atoms. The van der Waals surface area contributed by atoms with Crippen LogP contribution in [0.25, 0.3) is 0 Å². The third-order valence-corrected chi connectivity index (χ3v) is 2.71. The monoisotopic (exact) mass is 219 g/mol. The molecule has 0 aliphatic carbocycles. The van der Waals surface area contributed by atoms with E-state index in [2.05, 4.69) is 36.1 Å². The van der Waals surface area contributed by atoms with Gasteiger partial charge in [-0.25, -0.2) is 0 Å². The Hall–Kier alpha value is -1.15. The van der Waals surface area contributed by atoms with E-state index in [4.69, 9.17) is 0 Å². The average Bonchev–Trinajstić information content (AvgIpc) is 2.26. The number of hydrogen-bond acceptors (Lipinski definition) is 2. The van der Waals surface area contributed by atoms with Gasteiger partial charge in [0.05, 0.1) is 6.54 Å². The van der Waals surface area contributed by atoms with Crippen LogP contribution in [0.3, 0.4) is 0 Å². The highest BCUT2D eigenvalue weighted by Crippen LogP contribution is 2.06. The quantitative estimate of drug-likeness (QED) is 0.732. The molecule has 1 rings (SSSR count). The molecule has 16 heavy (non-hydrogen) atoms. The van der Waals surface area contributed by atoms with E-state index in [1.54, 1.807) is 6.92 Å². The molecule has 0 radical (unpaired) electrons. The largest absolute Gasteiger partial charge is 0.299 e. The van der Waals surface area contributed by atoms with Crippen molar-refractivity contribution in [1.29, 1.82) is 0 Å². The van der Waals surface area contributed by atoms with Crippen molar-refractivity contribution in [2.75, 3.05) is 20.1 Å². The van der Waals surface area contributed by atoms with Crippen molar-refractivity contribution in [1.82, 2.24) is 4.90 Å². The minimum atomic E-state index is 0.226. The summed E-state index contributed by atoms with van der Waals surface area (Å²) in [5.74, 6) is 0.226. The van der Waals surface area contributed by atoms with E-state index in [0.717, 1.165) is 19.4 Å². The molecular weight excluding hydrogens is 198 g/mol. The highest BCUT2D eigenvalue weighted by molar-refractivity contribution is 5.77. The molecule has 0 N–H and O–H groups in total. The Bertz CT molecular complexity index is 329. The maximum Gasteiger partial charge on any atom is 0.143 e. The van der Waals surface area contributed by atoms with E-state index in [1.807, 2.05) is 7.05 Å². The van der Waals surface area contributed by atoms with Gasteiger partial charge in [-0.3, -0.25) is 9.69 Å².